The van der Waals surface area contributed by atoms with Gasteiger partial charge in [-0.1, -0.05) is 29.3 Å². The second-order valence-electron chi connectivity index (χ2n) is 6.40. The number of hydrogen-bond donors (Lipinski definition) is 0. The number of hydrogen-bond acceptors (Lipinski definition) is 4. The quantitative estimate of drug-likeness (QED) is 0.626. The minimum atomic E-state index is -0.281. The summed E-state index contributed by atoms with van der Waals surface area (Å²) >= 11 is 13.7. The smallest absolute Gasteiger partial charge is 0.286 e. The Bertz CT molecular complexity index is 950. The van der Waals surface area contributed by atoms with Gasteiger partial charge in [-0.2, -0.15) is 4.99 Å². The number of aliphatic imine (C=N–C) groups is 1. The zero-order valence-corrected chi connectivity index (χ0v) is 17.1. The molecule has 144 valence electrons. The van der Waals surface area contributed by atoms with Crippen molar-refractivity contribution < 1.29 is 9.18 Å². The summed E-state index contributed by atoms with van der Waals surface area (Å²) in [4.78, 5) is 21.3. The molecule has 0 atom stereocenters. The Morgan fingerprint density at radius 3 is 2.21 bits per heavy atom. The van der Waals surface area contributed by atoms with Gasteiger partial charge < -0.3 is 9.80 Å². The van der Waals surface area contributed by atoms with Crippen LogP contribution in [-0.2, 0) is 4.79 Å². The SMILES string of the molecule is O=C1N=C(N2CCN(c3ccc(F)cc3)CC2)S/C1=C\c1c(Cl)cccc1Cl. The number of carbonyl (C=O) groups excluding carboxylic acids is 1. The van der Waals surface area contributed by atoms with Crippen LogP contribution in [-0.4, -0.2) is 42.2 Å². The Labute approximate surface area is 176 Å². The summed E-state index contributed by atoms with van der Waals surface area (Å²) in [5.74, 6) is -0.521. The monoisotopic (exact) mass is 435 g/mol. The number of thioether (sulfide) groups is 1. The first kappa shape index (κ1) is 19.3. The number of anilines is 1. The maximum atomic E-state index is 13.1. The molecule has 2 aromatic carbocycles. The lowest BCUT2D eigenvalue weighted by atomic mass is 10.2. The number of carbonyl (C=O) groups is 1. The molecule has 0 saturated carbocycles. The van der Waals surface area contributed by atoms with E-state index in [-0.39, 0.29) is 11.7 Å². The molecule has 0 spiro atoms. The van der Waals surface area contributed by atoms with E-state index in [1.165, 1.54) is 23.9 Å². The van der Waals surface area contributed by atoms with Crippen molar-refractivity contribution in [3.63, 3.8) is 0 Å². The number of amides is 1. The highest BCUT2D eigenvalue weighted by molar-refractivity contribution is 8.18. The van der Waals surface area contributed by atoms with E-state index in [0.29, 0.717) is 25.7 Å². The normalized spacial score (nSPS) is 18.8. The molecule has 8 heteroatoms. The molecule has 1 amide bonds. The van der Waals surface area contributed by atoms with Gasteiger partial charge in [0.05, 0.1) is 4.91 Å². The maximum absolute atomic E-state index is 13.1. The fraction of sp³-hybridized carbons (Fsp3) is 0.200. The zero-order valence-electron chi connectivity index (χ0n) is 14.7. The van der Waals surface area contributed by atoms with Gasteiger partial charge in [0.15, 0.2) is 5.17 Å². The van der Waals surface area contributed by atoms with Gasteiger partial charge in [0.1, 0.15) is 5.82 Å². The highest BCUT2D eigenvalue weighted by Gasteiger charge is 2.29. The summed E-state index contributed by atoms with van der Waals surface area (Å²) in [5.41, 5.74) is 1.62. The highest BCUT2D eigenvalue weighted by atomic mass is 35.5. The average Bonchev–Trinajstić information content (AvgIpc) is 3.06. The highest BCUT2D eigenvalue weighted by Crippen LogP contribution is 2.34. The molecule has 0 unspecified atom stereocenters. The van der Waals surface area contributed by atoms with E-state index in [1.807, 2.05) is 0 Å². The van der Waals surface area contributed by atoms with E-state index in [1.54, 1.807) is 36.4 Å². The fourth-order valence-corrected chi connectivity index (χ4v) is 4.57. The van der Waals surface area contributed by atoms with Gasteiger partial charge in [0.2, 0.25) is 0 Å². The molecular formula is C20H16Cl2FN3OS. The molecule has 1 saturated heterocycles. The molecule has 1 fully saturated rings. The number of piperazine rings is 1. The van der Waals surface area contributed by atoms with Gasteiger partial charge in [-0.05, 0) is 54.2 Å². The van der Waals surface area contributed by atoms with Crippen LogP contribution >= 0.6 is 35.0 Å². The van der Waals surface area contributed by atoms with Crippen molar-refractivity contribution in [3.05, 3.63) is 68.8 Å². The number of rotatable bonds is 2. The molecule has 2 aliphatic rings. The lowest BCUT2D eigenvalue weighted by Crippen LogP contribution is -2.47. The first-order valence-corrected chi connectivity index (χ1v) is 10.3. The molecule has 0 aliphatic carbocycles. The molecule has 4 nitrogen and oxygen atoms in total. The van der Waals surface area contributed by atoms with E-state index in [9.17, 15) is 9.18 Å². The molecule has 2 aliphatic heterocycles. The van der Waals surface area contributed by atoms with Crippen LogP contribution in [0, 0.1) is 5.82 Å². The summed E-state index contributed by atoms with van der Waals surface area (Å²) in [6, 6.07) is 11.7. The molecule has 0 radical (unpaired) electrons. The first-order chi connectivity index (χ1) is 13.5. The second-order valence-corrected chi connectivity index (χ2v) is 8.22. The lowest BCUT2D eigenvalue weighted by Gasteiger charge is -2.36. The largest absolute Gasteiger partial charge is 0.368 e. The minimum absolute atomic E-state index is 0.240. The van der Waals surface area contributed by atoms with Crippen LogP contribution in [0.3, 0.4) is 0 Å². The van der Waals surface area contributed by atoms with Crippen LogP contribution in [0.2, 0.25) is 10.0 Å². The van der Waals surface area contributed by atoms with Gasteiger partial charge in [0.25, 0.3) is 5.91 Å². The fourth-order valence-electron chi connectivity index (χ4n) is 3.12. The predicted molar refractivity (Wildman–Crippen MR) is 115 cm³/mol. The summed E-state index contributed by atoms with van der Waals surface area (Å²) in [6.45, 7) is 3.01. The van der Waals surface area contributed by atoms with Crippen molar-refractivity contribution in [2.75, 3.05) is 31.1 Å². The van der Waals surface area contributed by atoms with Crippen LogP contribution in [0.5, 0.6) is 0 Å². The molecule has 4 rings (SSSR count). The van der Waals surface area contributed by atoms with Gasteiger partial charge >= 0.3 is 0 Å². The van der Waals surface area contributed by atoms with Gasteiger partial charge in [-0.25, -0.2) is 4.39 Å². The standard InChI is InChI=1S/C20H16Cl2FN3OS/c21-16-2-1-3-17(22)15(16)12-18-19(27)24-20(28-18)26-10-8-25(9-11-26)14-6-4-13(23)5-7-14/h1-7,12H,8-11H2/b18-12-. The van der Waals surface area contributed by atoms with Crippen molar-refractivity contribution in [1.29, 1.82) is 0 Å². The average molecular weight is 436 g/mol. The third kappa shape index (κ3) is 4.04. The van der Waals surface area contributed by atoms with Crippen molar-refractivity contribution in [2.24, 2.45) is 4.99 Å². The van der Waals surface area contributed by atoms with E-state index >= 15 is 0 Å². The Morgan fingerprint density at radius 2 is 1.57 bits per heavy atom. The van der Waals surface area contributed by atoms with Crippen molar-refractivity contribution in [3.8, 4) is 0 Å². The maximum Gasteiger partial charge on any atom is 0.286 e. The van der Waals surface area contributed by atoms with E-state index < -0.39 is 0 Å². The van der Waals surface area contributed by atoms with Crippen molar-refractivity contribution in [2.45, 2.75) is 0 Å². The van der Waals surface area contributed by atoms with E-state index in [4.69, 9.17) is 23.2 Å². The van der Waals surface area contributed by atoms with Gasteiger partial charge in [0, 0.05) is 47.5 Å². The summed E-state index contributed by atoms with van der Waals surface area (Å²) in [5, 5.41) is 1.68. The number of amidine groups is 1. The van der Waals surface area contributed by atoms with Crippen LogP contribution in [0.25, 0.3) is 6.08 Å². The summed E-state index contributed by atoms with van der Waals surface area (Å²) < 4.78 is 13.1. The number of benzene rings is 2. The van der Waals surface area contributed by atoms with E-state index in [2.05, 4.69) is 14.8 Å². The van der Waals surface area contributed by atoms with Crippen LogP contribution < -0.4 is 4.90 Å². The Balaban J connectivity index is 1.43. The first-order valence-electron chi connectivity index (χ1n) is 8.73. The third-order valence-corrected chi connectivity index (χ3v) is 6.33. The van der Waals surface area contributed by atoms with Crippen LogP contribution in [0.4, 0.5) is 10.1 Å². The lowest BCUT2D eigenvalue weighted by molar-refractivity contribution is -0.113. The van der Waals surface area contributed by atoms with Crippen LogP contribution in [0.15, 0.2) is 52.4 Å². The zero-order chi connectivity index (χ0) is 19.7. The Hall–Kier alpha value is -2.02. The molecule has 28 heavy (non-hydrogen) atoms. The molecule has 2 aromatic rings. The second kappa shape index (κ2) is 8.15. The predicted octanol–water partition coefficient (Wildman–Crippen LogP) is 4.93. The molecule has 0 aromatic heterocycles. The molecule has 0 N–H and O–H groups in total. The van der Waals surface area contributed by atoms with Gasteiger partial charge in [-0.3, -0.25) is 4.79 Å². The van der Waals surface area contributed by atoms with E-state index in [0.717, 1.165) is 31.9 Å². The van der Waals surface area contributed by atoms with Crippen molar-refractivity contribution >= 4 is 57.8 Å². The minimum Gasteiger partial charge on any atom is -0.368 e. The molecular weight excluding hydrogens is 420 g/mol. The van der Waals surface area contributed by atoms with Crippen molar-refractivity contribution in [1.82, 2.24) is 4.90 Å². The summed E-state index contributed by atoms with van der Waals surface area (Å²) in [7, 11) is 0. The Morgan fingerprint density at radius 1 is 0.964 bits per heavy atom. The van der Waals surface area contributed by atoms with Gasteiger partial charge in [-0.15, -0.1) is 0 Å². The molecule has 2 heterocycles. The topological polar surface area (TPSA) is 35.9 Å². The Kier molecular flexibility index (Phi) is 5.62. The summed E-state index contributed by atoms with van der Waals surface area (Å²) in [6.07, 6.45) is 1.70. The number of halogens is 3. The van der Waals surface area contributed by atoms with Crippen LogP contribution in [0.1, 0.15) is 5.56 Å². The number of nitrogens with zero attached hydrogens (tertiary/aromatic N) is 3. The molecule has 0 bridgehead atoms. The third-order valence-electron chi connectivity index (χ3n) is 4.63.